The van der Waals surface area contributed by atoms with Crippen molar-refractivity contribution in [1.29, 1.82) is 0 Å². The summed E-state index contributed by atoms with van der Waals surface area (Å²) in [4.78, 5) is 26.9. The zero-order valence-corrected chi connectivity index (χ0v) is 15.2. The molecule has 1 atom stereocenters. The summed E-state index contributed by atoms with van der Waals surface area (Å²) in [5, 5.41) is 3.28. The third-order valence-electron chi connectivity index (χ3n) is 4.73. The molecule has 1 heterocycles. The Morgan fingerprint density at radius 1 is 1.08 bits per heavy atom. The van der Waals surface area contributed by atoms with Gasteiger partial charge >= 0.3 is 0 Å². The van der Waals surface area contributed by atoms with Crippen molar-refractivity contribution in [2.75, 3.05) is 10.2 Å². The third kappa shape index (κ3) is 3.16. The van der Waals surface area contributed by atoms with Gasteiger partial charge in [0.1, 0.15) is 6.04 Å². The number of hydrogen-bond donors (Lipinski definition) is 1. The first-order chi connectivity index (χ1) is 11.9. The van der Waals surface area contributed by atoms with E-state index in [1.165, 1.54) is 4.90 Å². The summed E-state index contributed by atoms with van der Waals surface area (Å²) >= 11 is 0. The second-order valence-electron chi connectivity index (χ2n) is 6.73. The highest BCUT2D eigenvalue weighted by Gasteiger charge is 2.40. The fourth-order valence-corrected chi connectivity index (χ4v) is 3.66. The number of hydrogen-bond acceptors (Lipinski definition) is 3. The van der Waals surface area contributed by atoms with Crippen LogP contribution in [-0.4, -0.2) is 17.9 Å². The maximum atomic E-state index is 13.0. The van der Waals surface area contributed by atoms with Gasteiger partial charge in [0.25, 0.3) is 5.91 Å². The number of aryl methyl sites for hydroxylation is 4. The molecule has 0 unspecified atom stereocenters. The number of anilines is 2. The van der Waals surface area contributed by atoms with E-state index < -0.39 is 6.04 Å². The average Bonchev–Trinajstić information content (AvgIpc) is 2.82. The molecule has 0 aromatic heterocycles. The SMILES string of the molecule is CCc1ccccc1N[C@H]1CC(=O)N(c2c(C)cc(C)cc2C)C1=O. The molecule has 130 valence electrons. The predicted octanol–water partition coefficient (Wildman–Crippen LogP) is 3.92. The lowest BCUT2D eigenvalue weighted by Crippen LogP contribution is -2.35. The first-order valence-electron chi connectivity index (χ1n) is 8.71. The standard InChI is InChI=1S/C21H24N2O2/c1-5-16-8-6-7-9-17(16)22-18-12-19(24)23(21(18)25)20-14(3)10-13(2)11-15(20)4/h6-11,18,22H,5,12H2,1-4H3/t18-/m0/s1. The second-order valence-corrected chi connectivity index (χ2v) is 6.73. The first-order valence-corrected chi connectivity index (χ1v) is 8.71. The Balaban J connectivity index is 1.91. The molecule has 1 fully saturated rings. The molecule has 1 aliphatic heterocycles. The lowest BCUT2D eigenvalue weighted by Gasteiger charge is -2.21. The van der Waals surface area contributed by atoms with Gasteiger partial charge in [-0.15, -0.1) is 0 Å². The summed E-state index contributed by atoms with van der Waals surface area (Å²) in [7, 11) is 0. The summed E-state index contributed by atoms with van der Waals surface area (Å²) in [6.45, 7) is 7.99. The summed E-state index contributed by atoms with van der Waals surface area (Å²) in [6, 6.07) is 11.4. The van der Waals surface area contributed by atoms with Crippen LogP contribution in [0.1, 0.15) is 35.6 Å². The number of amides is 2. The van der Waals surface area contributed by atoms with Gasteiger partial charge in [-0.05, 0) is 49.9 Å². The van der Waals surface area contributed by atoms with E-state index in [0.717, 1.165) is 40.0 Å². The van der Waals surface area contributed by atoms with Gasteiger partial charge in [0.15, 0.2) is 0 Å². The molecule has 2 aromatic rings. The predicted molar refractivity (Wildman–Crippen MR) is 101 cm³/mol. The van der Waals surface area contributed by atoms with Gasteiger partial charge in [-0.2, -0.15) is 0 Å². The Morgan fingerprint density at radius 3 is 2.36 bits per heavy atom. The summed E-state index contributed by atoms with van der Waals surface area (Å²) in [5.41, 5.74) is 5.83. The number of benzene rings is 2. The number of rotatable bonds is 4. The van der Waals surface area contributed by atoms with E-state index in [4.69, 9.17) is 0 Å². The maximum absolute atomic E-state index is 13.0. The van der Waals surface area contributed by atoms with Crippen LogP contribution in [0.5, 0.6) is 0 Å². The molecule has 0 spiro atoms. The first kappa shape index (κ1) is 17.2. The monoisotopic (exact) mass is 336 g/mol. The molecule has 4 nitrogen and oxygen atoms in total. The molecule has 4 heteroatoms. The van der Waals surface area contributed by atoms with Gasteiger partial charge in [-0.1, -0.05) is 42.8 Å². The van der Waals surface area contributed by atoms with Crippen LogP contribution in [0.2, 0.25) is 0 Å². The summed E-state index contributed by atoms with van der Waals surface area (Å²) < 4.78 is 0. The van der Waals surface area contributed by atoms with Gasteiger partial charge in [-0.25, -0.2) is 4.90 Å². The van der Waals surface area contributed by atoms with Crippen LogP contribution in [-0.2, 0) is 16.0 Å². The van der Waals surface area contributed by atoms with Crippen LogP contribution in [0.15, 0.2) is 36.4 Å². The smallest absolute Gasteiger partial charge is 0.256 e. The number of imide groups is 1. The van der Waals surface area contributed by atoms with E-state index in [1.807, 2.05) is 57.2 Å². The van der Waals surface area contributed by atoms with Crippen LogP contribution in [0.25, 0.3) is 0 Å². The van der Waals surface area contributed by atoms with E-state index >= 15 is 0 Å². The maximum Gasteiger partial charge on any atom is 0.256 e. The van der Waals surface area contributed by atoms with Crippen molar-refractivity contribution < 1.29 is 9.59 Å². The highest BCUT2D eigenvalue weighted by Crippen LogP contribution is 2.32. The van der Waals surface area contributed by atoms with Gasteiger partial charge in [0.05, 0.1) is 12.1 Å². The number of para-hydroxylation sites is 1. The van der Waals surface area contributed by atoms with Crippen molar-refractivity contribution >= 4 is 23.2 Å². The van der Waals surface area contributed by atoms with Gasteiger partial charge in [-0.3, -0.25) is 9.59 Å². The number of nitrogens with one attached hydrogen (secondary N) is 1. The van der Waals surface area contributed by atoms with Crippen molar-refractivity contribution in [2.45, 2.75) is 46.6 Å². The van der Waals surface area contributed by atoms with Crippen molar-refractivity contribution in [1.82, 2.24) is 0 Å². The quantitative estimate of drug-likeness (QED) is 0.861. The van der Waals surface area contributed by atoms with E-state index in [9.17, 15) is 9.59 Å². The van der Waals surface area contributed by atoms with Crippen molar-refractivity contribution in [3.63, 3.8) is 0 Å². The van der Waals surface area contributed by atoms with Gasteiger partial charge in [0, 0.05) is 5.69 Å². The molecule has 0 aliphatic carbocycles. The van der Waals surface area contributed by atoms with E-state index in [-0.39, 0.29) is 18.2 Å². The lowest BCUT2D eigenvalue weighted by atomic mass is 10.0. The molecule has 0 saturated carbocycles. The Morgan fingerprint density at radius 2 is 1.72 bits per heavy atom. The second kappa shape index (κ2) is 6.71. The molecule has 2 amide bonds. The van der Waals surface area contributed by atoms with Crippen LogP contribution >= 0.6 is 0 Å². The summed E-state index contributed by atoms with van der Waals surface area (Å²) in [6.07, 6.45) is 1.06. The van der Waals surface area contributed by atoms with Crippen molar-refractivity contribution in [3.8, 4) is 0 Å². The minimum absolute atomic E-state index is 0.147. The largest absolute Gasteiger partial charge is 0.373 e. The zero-order valence-electron chi connectivity index (χ0n) is 15.2. The minimum atomic E-state index is -0.514. The van der Waals surface area contributed by atoms with Crippen LogP contribution in [0, 0.1) is 20.8 Å². The molecule has 25 heavy (non-hydrogen) atoms. The fraction of sp³-hybridized carbons (Fsp3) is 0.333. The summed E-state index contributed by atoms with van der Waals surface area (Å²) in [5.74, 6) is -0.322. The van der Waals surface area contributed by atoms with Crippen molar-refractivity contribution in [3.05, 3.63) is 58.7 Å². The Hall–Kier alpha value is -2.62. The van der Waals surface area contributed by atoms with Gasteiger partial charge in [0.2, 0.25) is 5.91 Å². The molecular formula is C21H24N2O2. The molecule has 1 saturated heterocycles. The van der Waals surface area contributed by atoms with Crippen LogP contribution in [0.3, 0.4) is 0 Å². The molecule has 1 aliphatic rings. The molecule has 0 bridgehead atoms. The Bertz CT molecular complexity index is 819. The highest BCUT2D eigenvalue weighted by atomic mass is 16.2. The lowest BCUT2D eigenvalue weighted by molar-refractivity contribution is -0.121. The third-order valence-corrected chi connectivity index (χ3v) is 4.73. The van der Waals surface area contributed by atoms with E-state index in [0.29, 0.717) is 0 Å². The highest BCUT2D eigenvalue weighted by molar-refractivity contribution is 6.23. The van der Waals surface area contributed by atoms with Crippen molar-refractivity contribution in [2.24, 2.45) is 0 Å². The molecule has 1 N–H and O–H groups in total. The Labute approximate surface area is 148 Å². The number of carbonyl (C=O) groups excluding carboxylic acids is 2. The van der Waals surface area contributed by atoms with E-state index in [2.05, 4.69) is 12.2 Å². The fourth-order valence-electron chi connectivity index (χ4n) is 3.66. The normalized spacial score (nSPS) is 17.3. The Kier molecular flexibility index (Phi) is 4.62. The molecule has 0 radical (unpaired) electrons. The average molecular weight is 336 g/mol. The minimum Gasteiger partial charge on any atom is -0.373 e. The van der Waals surface area contributed by atoms with Crippen LogP contribution in [0.4, 0.5) is 11.4 Å². The number of nitrogens with zero attached hydrogens (tertiary/aromatic N) is 1. The molecule has 2 aromatic carbocycles. The van der Waals surface area contributed by atoms with E-state index in [1.54, 1.807) is 0 Å². The molecule has 3 rings (SSSR count). The number of carbonyl (C=O) groups is 2. The van der Waals surface area contributed by atoms with Gasteiger partial charge < -0.3 is 5.32 Å². The molecular weight excluding hydrogens is 312 g/mol. The van der Waals surface area contributed by atoms with Crippen LogP contribution < -0.4 is 10.2 Å². The topological polar surface area (TPSA) is 49.4 Å². The zero-order chi connectivity index (χ0) is 18.1.